The van der Waals surface area contributed by atoms with E-state index < -0.39 is 11.8 Å². The summed E-state index contributed by atoms with van der Waals surface area (Å²) in [6, 6.07) is 5.67. The van der Waals surface area contributed by atoms with Crippen LogP contribution in [0.1, 0.15) is 32.6 Å². The highest BCUT2D eigenvalue weighted by Gasteiger charge is 2.21. The SMILES string of the molecule is C[C@@H]1CCCC[C@@H]1OCCNC(=O)Nc1ccccc1F. The molecule has 21 heavy (non-hydrogen) atoms. The van der Waals surface area contributed by atoms with Crippen LogP contribution in [0.4, 0.5) is 14.9 Å². The molecule has 1 aromatic rings. The molecule has 2 amide bonds. The van der Waals surface area contributed by atoms with Crippen LogP contribution in [0.5, 0.6) is 0 Å². The van der Waals surface area contributed by atoms with Crippen LogP contribution in [0.15, 0.2) is 24.3 Å². The van der Waals surface area contributed by atoms with Gasteiger partial charge >= 0.3 is 6.03 Å². The highest BCUT2D eigenvalue weighted by Crippen LogP contribution is 2.25. The molecule has 0 radical (unpaired) electrons. The molecule has 1 aliphatic carbocycles. The Morgan fingerprint density at radius 2 is 2.10 bits per heavy atom. The lowest BCUT2D eigenvalue weighted by Gasteiger charge is -2.28. The van der Waals surface area contributed by atoms with E-state index in [4.69, 9.17) is 4.74 Å². The van der Waals surface area contributed by atoms with Gasteiger partial charge in [-0.05, 0) is 30.9 Å². The van der Waals surface area contributed by atoms with Gasteiger partial charge in [0.1, 0.15) is 5.82 Å². The second kappa shape index (κ2) is 7.98. The second-order valence-corrected chi connectivity index (χ2v) is 5.53. The molecule has 1 fully saturated rings. The zero-order chi connectivity index (χ0) is 15.1. The summed E-state index contributed by atoms with van der Waals surface area (Å²) >= 11 is 0. The molecule has 1 aliphatic rings. The molecule has 2 atom stereocenters. The van der Waals surface area contributed by atoms with E-state index in [2.05, 4.69) is 17.6 Å². The lowest BCUT2D eigenvalue weighted by Crippen LogP contribution is -2.34. The Labute approximate surface area is 125 Å². The topological polar surface area (TPSA) is 50.4 Å². The van der Waals surface area contributed by atoms with Crippen molar-refractivity contribution in [3.05, 3.63) is 30.1 Å². The molecule has 2 N–H and O–H groups in total. The third-order valence-electron chi connectivity index (χ3n) is 3.87. The van der Waals surface area contributed by atoms with Crippen molar-refractivity contribution >= 4 is 11.7 Å². The number of carbonyl (C=O) groups is 1. The first-order valence-corrected chi connectivity index (χ1v) is 7.58. The van der Waals surface area contributed by atoms with Gasteiger partial charge < -0.3 is 15.4 Å². The van der Waals surface area contributed by atoms with E-state index in [1.165, 1.54) is 31.4 Å². The van der Waals surface area contributed by atoms with Crippen LogP contribution in [-0.2, 0) is 4.74 Å². The number of anilines is 1. The van der Waals surface area contributed by atoms with E-state index in [1.54, 1.807) is 12.1 Å². The predicted octanol–water partition coefficient (Wildman–Crippen LogP) is 3.54. The van der Waals surface area contributed by atoms with Crippen molar-refractivity contribution in [1.82, 2.24) is 5.32 Å². The Kier molecular flexibility index (Phi) is 5.99. The molecule has 0 aliphatic heterocycles. The van der Waals surface area contributed by atoms with E-state index >= 15 is 0 Å². The smallest absolute Gasteiger partial charge is 0.319 e. The molecule has 5 heteroatoms. The minimum Gasteiger partial charge on any atom is -0.376 e. The van der Waals surface area contributed by atoms with Gasteiger partial charge in [-0.3, -0.25) is 0 Å². The molecule has 0 bridgehead atoms. The van der Waals surface area contributed by atoms with Gasteiger partial charge in [0.15, 0.2) is 0 Å². The zero-order valence-electron chi connectivity index (χ0n) is 12.4. The van der Waals surface area contributed by atoms with Crippen LogP contribution >= 0.6 is 0 Å². The van der Waals surface area contributed by atoms with Crippen molar-refractivity contribution in [1.29, 1.82) is 0 Å². The van der Waals surface area contributed by atoms with E-state index in [-0.39, 0.29) is 5.69 Å². The van der Waals surface area contributed by atoms with Gasteiger partial charge in [-0.2, -0.15) is 0 Å². The van der Waals surface area contributed by atoms with Crippen molar-refractivity contribution < 1.29 is 13.9 Å². The molecule has 1 aromatic carbocycles. The van der Waals surface area contributed by atoms with Gasteiger partial charge in [0.2, 0.25) is 0 Å². The van der Waals surface area contributed by atoms with Gasteiger partial charge in [-0.15, -0.1) is 0 Å². The molecule has 0 spiro atoms. The van der Waals surface area contributed by atoms with Crippen LogP contribution in [-0.4, -0.2) is 25.3 Å². The third-order valence-corrected chi connectivity index (χ3v) is 3.87. The van der Waals surface area contributed by atoms with E-state index in [1.807, 2.05) is 0 Å². The summed E-state index contributed by atoms with van der Waals surface area (Å²) in [5.74, 6) is 0.144. The summed E-state index contributed by atoms with van der Waals surface area (Å²) in [4.78, 5) is 11.6. The Morgan fingerprint density at radius 3 is 2.86 bits per heavy atom. The molecular weight excluding hydrogens is 271 g/mol. The van der Waals surface area contributed by atoms with E-state index in [0.717, 1.165) is 6.42 Å². The fraction of sp³-hybridized carbons (Fsp3) is 0.562. The molecule has 4 nitrogen and oxygen atoms in total. The monoisotopic (exact) mass is 294 g/mol. The van der Waals surface area contributed by atoms with Crippen molar-refractivity contribution in [2.24, 2.45) is 5.92 Å². The normalized spacial score (nSPS) is 21.8. The standard InChI is InChI=1S/C16H23FN2O2/c1-12-6-2-5-9-15(12)21-11-10-18-16(20)19-14-8-4-3-7-13(14)17/h3-4,7-8,12,15H,2,5-6,9-11H2,1H3,(H2,18,19,20)/t12-,15+/m1/s1. The summed E-state index contributed by atoms with van der Waals surface area (Å²) in [6.07, 6.45) is 5.12. The number of hydrogen-bond acceptors (Lipinski definition) is 2. The first-order chi connectivity index (χ1) is 10.2. The largest absolute Gasteiger partial charge is 0.376 e. The molecular formula is C16H23FN2O2. The number of urea groups is 1. The summed E-state index contributed by atoms with van der Waals surface area (Å²) in [6.45, 7) is 3.12. The number of hydrogen-bond donors (Lipinski definition) is 2. The summed E-state index contributed by atoms with van der Waals surface area (Å²) in [7, 11) is 0. The van der Waals surface area contributed by atoms with Crippen molar-refractivity contribution in [3.63, 3.8) is 0 Å². The fourth-order valence-corrected chi connectivity index (χ4v) is 2.63. The lowest BCUT2D eigenvalue weighted by molar-refractivity contribution is -0.00232. The molecule has 0 unspecified atom stereocenters. The number of para-hydroxylation sites is 1. The number of ether oxygens (including phenoxy) is 1. The molecule has 2 rings (SSSR count). The summed E-state index contributed by atoms with van der Waals surface area (Å²) in [5, 5.41) is 5.15. The number of amides is 2. The first-order valence-electron chi connectivity index (χ1n) is 7.58. The van der Waals surface area contributed by atoms with Crippen molar-refractivity contribution in [2.45, 2.75) is 38.7 Å². The highest BCUT2D eigenvalue weighted by atomic mass is 19.1. The van der Waals surface area contributed by atoms with E-state index in [9.17, 15) is 9.18 Å². The summed E-state index contributed by atoms with van der Waals surface area (Å²) < 4.78 is 19.2. The minimum atomic E-state index is -0.445. The number of rotatable bonds is 5. The Bertz CT molecular complexity index is 467. The van der Waals surface area contributed by atoms with Crippen molar-refractivity contribution in [3.8, 4) is 0 Å². The maximum Gasteiger partial charge on any atom is 0.319 e. The van der Waals surface area contributed by atoms with Gasteiger partial charge in [0, 0.05) is 6.54 Å². The predicted molar refractivity (Wildman–Crippen MR) is 80.8 cm³/mol. The van der Waals surface area contributed by atoms with Crippen LogP contribution in [0.25, 0.3) is 0 Å². The van der Waals surface area contributed by atoms with Crippen LogP contribution in [0, 0.1) is 11.7 Å². The fourth-order valence-electron chi connectivity index (χ4n) is 2.63. The van der Waals surface area contributed by atoms with Crippen LogP contribution < -0.4 is 10.6 Å². The lowest BCUT2D eigenvalue weighted by atomic mass is 9.88. The maximum atomic E-state index is 13.4. The Morgan fingerprint density at radius 1 is 1.33 bits per heavy atom. The average molecular weight is 294 g/mol. The van der Waals surface area contributed by atoms with Gasteiger partial charge in [0.05, 0.1) is 18.4 Å². The number of benzene rings is 1. The van der Waals surface area contributed by atoms with Gasteiger partial charge in [-0.25, -0.2) is 9.18 Å². The molecule has 116 valence electrons. The highest BCUT2D eigenvalue weighted by molar-refractivity contribution is 5.89. The third kappa shape index (κ3) is 5.01. The number of carbonyl (C=O) groups excluding carboxylic acids is 1. The van der Waals surface area contributed by atoms with Crippen LogP contribution in [0.2, 0.25) is 0 Å². The Hall–Kier alpha value is -1.62. The Balaban J connectivity index is 1.64. The second-order valence-electron chi connectivity index (χ2n) is 5.53. The van der Waals surface area contributed by atoms with Gasteiger partial charge in [0.25, 0.3) is 0 Å². The summed E-state index contributed by atoms with van der Waals surface area (Å²) in [5.41, 5.74) is 0.178. The molecule has 0 aromatic heterocycles. The minimum absolute atomic E-state index is 0.178. The quantitative estimate of drug-likeness (QED) is 0.816. The molecule has 0 heterocycles. The van der Waals surface area contributed by atoms with Crippen molar-refractivity contribution in [2.75, 3.05) is 18.5 Å². The van der Waals surface area contributed by atoms with Crippen LogP contribution in [0.3, 0.4) is 0 Å². The number of halogens is 1. The maximum absolute atomic E-state index is 13.4. The average Bonchev–Trinajstić information content (AvgIpc) is 2.48. The molecule has 0 saturated heterocycles. The van der Waals surface area contributed by atoms with E-state index in [0.29, 0.717) is 25.2 Å². The number of nitrogens with one attached hydrogen (secondary N) is 2. The zero-order valence-corrected chi connectivity index (χ0v) is 12.4. The van der Waals surface area contributed by atoms with Gasteiger partial charge in [-0.1, -0.05) is 31.9 Å². The molecule has 1 saturated carbocycles. The first kappa shape index (κ1) is 15.8.